The SMILES string of the molecule is CCCc1c(N)noc1-c1occc1C. The van der Waals surface area contributed by atoms with Crippen molar-refractivity contribution in [3.8, 4) is 11.5 Å². The number of rotatable bonds is 3. The molecule has 0 radical (unpaired) electrons. The average Bonchev–Trinajstić information content (AvgIpc) is 2.76. The lowest BCUT2D eigenvalue weighted by Gasteiger charge is -1.98. The highest BCUT2D eigenvalue weighted by atomic mass is 16.5. The monoisotopic (exact) mass is 206 g/mol. The van der Waals surface area contributed by atoms with Gasteiger partial charge in [0.1, 0.15) is 0 Å². The Balaban J connectivity index is 2.49. The van der Waals surface area contributed by atoms with Crippen LogP contribution in [-0.2, 0) is 6.42 Å². The molecule has 0 aliphatic rings. The minimum absolute atomic E-state index is 0.461. The van der Waals surface area contributed by atoms with Gasteiger partial charge in [0.15, 0.2) is 11.6 Å². The first kappa shape index (κ1) is 9.83. The molecule has 0 fully saturated rings. The van der Waals surface area contributed by atoms with Gasteiger partial charge >= 0.3 is 0 Å². The topological polar surface area (TPSA) is 65.2 Å². The number of aromatic nitrogens is 1. The number of nitrogen functional groups attached to an aromatic ring is 1. The summed E-state index contributed by atoms with van der Waals surface area (Å²) >= 11 is 0. The molecule has 4 heteroatoms. The van der Waals surface area contributed by atoms with Gasteiger partial charge in [0, 0.05) is 5.56 Å². The molecule has 0 aliphatic heterocycles. The number of hydrogen-bond donors (Lipinski definition) is 1. The van der Waals surface area contributed by atoms with Crippen LogP contribution in [0, 0.1) is 6.92 Å². The van der Waals surface area contributed by atoms with Gasteiger partial charge in [0.05, 0.1) is 6.26 Å². The standard InChI is InChI=1S/C11H14N2O2/c1-3-4-8-10(15-13-11(8)12)9-7(2)5-6-14-9/h5-6H,3-4H2,1-2H3,(H2,12,13). The highest BCUT2D eigenvalue weighted by Crippen LogP contribution is 2.31. The summed E-state index contributed by atoms with van der Waals surface area (Å²) in [6, 6.07) is 1.89. The Morgan fingerprint density at radius 2 is 2.20 bits per heavy atom. The lowest BCUT2D eigenvalue weighted by molar-refractivity contribution is 0.419. The Hall–Kier alpha value is -1.71. The van der Waals surface area contributed by atoms with E-state index in [9.17, 15) is 0 Å². The fraction of sp³-hybridized carbons (Fsp3) is 0.364. The van der Waals surface area contributed by atoms with Crippen LogP contribution in [0.3, 0.4) is 0 Å². The first-order valence-corrected chi connectivity index (χ1v) is 5.02. The molecule has 80 valence electrons. The van der Waals surface area contributed by atoms with Gasteiger partial charge in [0.2, 0.25) is 5.76 Å². The van der Waals surface area contributed by atoms with E-state index < -0.39 is 0 Å². The van der Waals surface area contributed by atoms with Crippen LogP contribution in [0.2, 0.25) is 0 Å². The number of anilines is 1. The normalized spacial score (nSPS) is 10.8. The second-order valence-corrected chi connectivity index (χ2v) is 3.56. The molecule has 0 atom stereocenters. The van der Waals surface area contributed by atoms with Crippen molar-refractivity contribution in [1.82, 2.24) is 5.16 Å². The van der Waals surface area contributed by atoms with Crippen LogP contribution < -0.4 is 5.73 Å². The van der Waals surface area contributed by atoms with Crippen molar-refractivity contribution in [2.24, 2.45) is 0 Å². The summed E-state index contributed by atoms with van der Waals surface area (Å²) in [5, 5.41) is 3.78. The third-order valence-electron chi connectivity index (χ3n) is 2.39. The molecule has 0 aromatic carbocycles. The second-order valence-electron chi connectivity index (χ2n) is 3.56. The molecular weight excluding hydrogens is 192 g/mol. The fourth-order valence-electron chi connectivity index (χ4n) is 1.60. The number of furan rings is 1. The first-order chi connectivity index (χ1) is 7.24. The van der Waals surface area contributed by atoms with Gasteiger partial charge in [-0.2, -0.15) is 0 Å². The molecule has 0 saturated heterocycles. The molecule has 4 nitrogen and oxygen atoms in total. The van der Waals surface area contributed by atoms with Crippen molar-refractivity contribution < 1.29 is 8.94 Å². The summed E-state index contributed by atoms with van der Waals surface area (Å²) in [6.45, 7) is 4.05. The maximum atomic E-state index is 5.74. The molecule has 2 rings (SSSR count). The molecule has 2 N–H and O–H groups in total. The Morgan fingerprint density at radius 3 is 2.80 bits per heavy atom. The minimum atomic E-state index is 0.461. The zero-order chi connectivity index (χ0) is 10.8. The molecular formula is C11H14N2O2. The van der Waals surface area contributed by atoms with E-state index in [4.69, 9.17) is 14.7 Å². The quantitative estimate of drug-likeness (QED) is 0.838. The maximum Gasteiger partial charge on any atom is 0.207 e. The summed E-state index contributed by atoms with van der Waals surface area (Å²) < 4.78 is 10.6. The van der Waals surface area contributed by atoms with E-state index in [1.165, 1.54) is 0 Å². The number of aryl methyl sites for hydroxylation is 1. The van der Waals surface area contributed by atoms with Crippen LogP contribution in [0.5, 0.6) is 0 Å². The maximum absolute atomic E-state index is 5.74. The van der Waals surface area contributed by atoms with Crippen LogP contribution in [-0.4, -0.2) is 5.16 Å². The molecule has 2 aromatic heterocycles. The van der Waals surface area contributed by atoms with Gasteiger partial charge in [-0.15, -0.1) is 0 Å². The largest absolute Gasteiger partial charge is 0.461 e. The van der Waals surface area contributed by atoms with Gasteiger partial charge in [0.25, 0.3) is 0 Å². The van der Waals surface area contributed by atoms with Gasteiger partial charge < -0.3 is 14.7 Å². The average molecular weight is 206 g/mol. The highest BCUT2D eigenvalue weighted by molar-refractivity contribution is 5.64. The van der Waals surface area contributed by atoms with Crippen LogP contribution in [0.15, 0.2) is 21.3 Å². The molecule has 0 spiro atoms. The van der Waals surface area contributed by atoms with Crippen LogP contribution in [0.4, 0.5) is 5.82 Å². The Labute approximate surface area is 88.0 Å². The van der Waals surface area contributed by atoms with E-state index in [1.807, 2.05) is 13.0 Å². The van der Waals surface area contributed by atoms with Gasteiger partial charge in [-0.25, -0.2) is 0 Å². The van der Waals surface area contributed by atoms with E-state index in [1.54, 1.807) is 6.26 Å². The fourth-order valence-corrected chi connectivity index (χ4v) is 1.60. The zero-order valence-corrected chi connectivity index (χ0v) is 8.91. The molecule has 2 heterocycles. The molecule has 0 unspecified atom stereocenters. The summed E-state index contributed by atoms with van der Waals surface area (Å²) in [5.74, 6) is 1.85. The molecule has 0 aliphatic carbocycles. The van der Waals surface area contributed by atoms with Gasteiger partial charge in [-0.1, -0.05) is 18.5 Å². The summed E-state index contributed by atoms with van der Waals surface area (Å²) in [6.07, 6.45) is 3.49. The first-order valence-electron chi connectivity index (χ1n) is 5.02. The second kappa shape index (κ2) is 3.81. The summed E-state index contributed by atoms with van der Waals surface area (Å²) in [4.78, 5) is 0. The van der Waals surface area contributed by atoms with Crippen molar-refractivity contribution in [3.63, 3.8) is 0 Å². The Bertz CT molecular complexity index is 457. The number of nitrogens with two attached hydrogens (primary N) is 1. The van der Waals surface area contributed by atoms with Crippen molar-refractivity contribution >= 4 is 5.82 Å². The van der Waals surface area contributed by atoms with Crippen molar-refractivity contribution in [1.29, 1.82) is 0 Å². The Morgan fingerprint density at radius 1 is 1.40 bits per heavy atom. The van der Waals surface area contributed by atoms with Crippen molar-refractivity contribution in [2.75, 3.05) is 5.73 Å². The Kier molecular flexibility index (Phi) is 2.49. The molecule has 0 amide bonds. The van der Waals surface area contributed by atoms with Crippen molar-refractivity contribution in [3.05, 3.63) is 23.5 Å². The number of hydrogen-bond acceptors (Lipinski definition) is 4. The minimum Gasteiger partial charge on any atom is -0.461 e. The van der Waals surface area contributed by atoms with Crippen LogP contribution >= 0.6 is 0 Å². The van der Waals surface area contributed by atoms with E-state index in [0.717, 1.165) is 29.7 Å². The summed E-state index contributed by atoms with van der Waals surface area (Å²) in [5.41, 5.74) is 7.71. The van der Waals surface area contributed by atoms with Crippen LogP contribution in [0.1, 0.15) is 24.5 Å². The van der Waals surface area contributed by atoms with Gasteiger partial charge in [-0.3, -0.25) is 0 Å². The molecule has 15 heavy (non-hydrogen) atoms. The van der Waals surface area contributed by atoms with Crippen molar-refractivity contribution in [2.45, 2.75) is 26.7 Å². The van der Waals surface area contributed by atoms with Gasteiger partial charge in [-0.05, 0) is 25.0 Å². The molecule has 0 bridgehead atoms. The summed E-state index contributed by atoms with van der Waals surface area (Å²) in [7, 11) is 0. The third kappa shape index (κ3) is 1.63. The lowest BCUT2D eigenvalue weighted by Crippen LogP contribution is -1.92. The zero-order valence-electron chi connectivity index (χ0n) is 8.91. The number of nitrogens with zero attached hydrogens (tertiary/aromatic N) is 1. The van der Waals surface area contributed by atoms with E-state index in [0.29, 0.717) is 11.6 Å². The lowest BCUT2D eigenvalue weighted by atomic mass is 10.1. The third-order valence-corrected chi connectivity index (χ3v) is 2.39. The van der Waals surface area contributed by atoms with E-state index in [2.05, 4.69) is 12.1 Å². The highest BCUT2D eigenvalue weighted by Gasteiger charge is 2.18. The molecule has 2 aromatic rings. The predicted octanol–water partition coefficient (Wildman–Crippen LogP) is 2.78. The predicted molar refractivity (Wildman–Crippen MR) is 57.3 cm³/mol. The molecule has 0 saturated carbocycles. The van der Waals surface area contributed by atoms with Crippen LogP contribution in [0.25, 0.3) is 11.5 Å². The van der Waals surface area contributed by atoms with E-state index >= 15 is 0 Å². The smallest absolute Gasteiger partial charge is 0.207 e. The van der Waals surface area contributed by atoms with E-state index in [-0.39, 0.29) is 0 Å².